The van der Waals surface area contributed by atoms with Gasteiger partial charge in [0.25, 0.3) is 0 Å². The van der Waals surface area contributed by atoms with E-state index in [2.05, 4.69) is 29.6 Å². The molecule has 168 valence electrons. The van der Waals surface area contributed by atoms with E-state index in [1.165, 1.54) is 4.90 Å². The van der Waals surface area contributed by atoms with E-state index >= 15 is 0 Å². The SMILES string of the molecule is CC(CNC(=O)OCC1c2ccccc2-c2ccccc21)CC(=O)N1CC(O)(C(=O)O)C1. The van der Waals surface area contributed by atoms with Gasteiger partial charge in [-0.05, 0) is 28.2 Å². The minimum Gasteiger partial charge on any atom is -0.479 e. The Balaban J connectivity index is 1.24. The van der Waals surface area contributed by atoms with E-state index in [1.807, 2.05) is 31.2 Å². The average Bonchev–Trinajstić information content (AvgIpc) is 3.07. The molecule has 1 aliphatic carbocycles. The van der Waals surface area contributed by atoms with Gasteiger partial charge in [0.05, 0.1) is 13.1 Å². The maximum Gasteiger partial charge on any atom is 0.407 e. The quantitative estimate of drug-likeness (QED) is 0.610. The molecule has 32 heavy (non-hydrogen) atoms. The molecule has 2 aromatic carbocycles. The number of rotatable bonds is 7. The summed E-state index contributed by atoms with van der Waals surface area (Å²) >= 11 is 0. The van der Waals surface area contributed by atoms with E-state index in [0.717, 1.165) is 22.3 Å². The Kier molecular flexibility index (Phi) is 5.88. The van der Waals surface area contributed by atoms with Crippen LogP contribution in [0.4, 0.5) is 4.79 Å². The Labute approximate surface area is 185 Å². The Morgan fingerprint density at radius 1 is 1.09 bits per heavy atom. The maximum atomic E-state index is 12.2. The van der Waals surface area contributed by atoms with E-state index in [1.54, 1.807) is 0 Å². The van der Waals surface area contributed by atoms with Crippen LogP contribution in [0.25, 0.3) is 11.1 Å². The van der Waals surface area contributed by atoms with Gasteiger partial charge in [-0.25, -0.2) is 9.59 Å². The van der Waals surface area contributed by atoms with Crippen LogP contribution in [0.2, 0.25) is 0 Å². The van der Waals surface area contributed by atoms with Crippen molar-refractivity contribution >= 4 is 18.0 Å². The molecule has 0 aromatic heterocycles. The number of carboxylic acids is 1. The number of fused-ring (bicyclic) bond motifs is 3. The summed E-state index contributed by atoms with van der Waals surface area (Å²) in [6, 6.07) is 16.2. The molecule has 1 atom stereocenters. The number of ether oxygens (including phenoxy) is 1. The second kappa shape index (κ2) is 8.63. The van der Waals surface area contributed by atoms with Crippen LogP contribution in [-0.4, -0.2) is 64.9 Å². The number of amides is 2. The predicted molar refractivity (Wildman–Crippen MR) is 116 cm³/mol. The van der Waals surface area contributed by atoms with Crippen molar-refractivity contribution < 1.29 is 29.3 Å². The van der Waals surface area contributed by atoms with Gasteiger partial charge in [0.2, 0.25) is 5.91 Å². The first-order valence-electron chi connectivity index (χ1n) is 10.6. The maximum absolute atomic E-state index is 12.2. The molecule has 1 unspecified atom stereocenters. The van der Waals surface area contributed by atoms with Crippen molar-refractivity contribution in [3.05, 3.63) is 59.7 Å². The highest BCUT2D eigenvalue weighted by molar-refractivity contribution is 5.85. The van der Waals surface area contributed by atoms with Crippen LogP contribution in [0.5, 0.6) is 0 Å². The first-order valence-corrected chi connectivity index (χ1v) is 10.6. The summed E-state index contributed by atoms with van der Waals surface area (Å²) < 4.78 is 5.48. The number of alkyl carbamates (subject to hydrolysis) is 1. The third-order valence-electron chi connectivity index (χ3n) is 6.12. The molecule has 1 aliphatic heterocycles. The lowest BCUT2D eigenvalue weighted by Gasteiger charge is -2.43. The lowest BCUT2D eigenvalue weighted by atomic mass is 9.93. The molecule has 1 saturated heterocycles. The number of aliphatic carboxylic acids is 1. The molecule has 2 aliphatic rings. The molecule has 8 nitrogen and oxygen atoms in total. The molecule has 0 radical (unpaired) electrons. The van der Waals surface area contributed by atoms with Crippen molar-refractivity contribution in [2.24, 2.45) is 5.92 Å². The molecule has 2 amide bonds. The molecular weight excluding hydrogens is 412 g/mol. The van der Waals surface area contributed by atoms with Gasteiger partial charge in [-0.2, -0.15) is 0 Å². The first-order chi connectivity index (χ1) is 15.3. The number of benzene rings is 2. The summed E-state index contributed by atoms with van der Waals surface area (Å²) in [5.41, 5.74) is 2.74. The summed E-state index contributed by atoms with van der Waals surface area (Å²) in [5, 5.41) is 21.3. The summed E-state index contributed by atoms with van der Waals surface area (Å²) in [7, 11) is 0. The minimum absolute atomic E-state index is 0.0217. The standard InChI is InChI=1S/C24H26N2O6/c1-15(10-21(27)26-13-24(31,14-26)22(28)29)11-25-23(30)32-12-20-18-8-4-2-6-16(18)17-7-3-5-9-19(17)20/h2-9,15,20,31H,10-14H2,1H3,(H,25,30)(H,28,29). The number of hydrogen-bond donors (Lipinski definition) is 3. The van der Waals surface area contributed by atoms with Crippen molar-refractivity contribution in [2.75, 3.05) is 26.2 Å². The number of aliphatic hydroxyl groups is 1. The largest absolute Gasteiger partial charge is 0.479 e. The highest BCUT2D eigenvalue weighted by atomic mass is 16.5. The van der Waals surface area contributed by atoms with Crippen LogP contribution in [0.3, 0.4) is 0 Å². The monoisotopic (exact) mass is 438 g/mol. The summed E-state index contributed by atoms with van der Waals surface area (Å²) in [6.45, 7) is 1.85. The minimum atomic E-state index is -1.85. The van der Waals surface area contributed by atoms with Crippen molar-refractivity contribution in [1.29, 1.82) is 0 Å². The van der Waals surface area contributed by atoms with Gasteiger partial charge < -0.3 is 25.2 Å². The molecule has 3 N–H and O–H groups in total. The normalized spacial score (nSPS) is 17.0. The number of hydrogen-bond acceptors (Lipinski definition) is 5. The topological polar surface area (TPSA) is 116 Å². The van der Waals surface area contributed by atoms with Gasteiger partial charge in [0, 0.05) is 18.9 Å². The summed E-state index contributed by atoms with van der Waals surface area (Å²) in [5.74, 6) is -1.77. The Hall–Kier alpha value is -3.39. The van der Waals surface area contributed by atoms with Crippen LogP contribution in [0.15, 0.2) is 48.5 Å². The van der Waals surface area contributed by atoms with E-state index in [4.69, 9.17) is 9.84 Å². The number of carboxylic acid groups (broad SMARTS) is 1. The molecule has 2 aromatic rings. The van der Waals surface area contributed by atoms with E-state index in [9.17, 15) is 19.5 Å². The summed E-state index contributed by atoms with van der Waals surface area (Å²) in [4.78, 5) is 36.7. The molecule has 0 bridgehead atoms. The number of carbonyl (C=O) groups is 3. The highest BCUT2D eigenvalue weighted by Gasteiger charge is 2.49. The second-order valence-corrected chi connectivity index (χ2v) is 8.60. The van der Waals surface area contributed by atoms with Gasteiger partial charge in [-0.15, -0.1) is 0 Å². The Morgan fingerprint density at radius 3 is 2.22 bits per heavy atom. The van der Waals surface area contributed by atoms with Crippen LogP contribution >= 0.6 is 0 Å². The Morgan fingerprint density at radius 2 is 1.66 bits per heavy atom. The number of carbonyl (C=O) groups excluding carboxylic acids is 2. The molecule has 4 rings (SSSR count). The number of nitrogens with zero attached hydrogens (tertiary/aromatic N) is 1. The van der Waals surface area contributed by atoms with Crippen molar-refractivity contribution in [3.8, 4) is 11.1 Å². The number of nitrogens with one attached hydrogen (secondary N) is 1. The zero-order valence-electron chi connectivity index (χ0n) is 17.8. The second-order valence-electron chi connectivity index (χ2n) is 8.60. The fraction of sp³-hybridized carbons (Fsp3) is 0.375. The van der Waals surface area contributed by atoms with Crippen LogP contribution in [0.1, 0.15) is 30.4 Å². The van der Waals surface area contributed by atoms with Crippen molar-refractivity contribution in [2.45, 2.75) is 24.9 Å². The van der Waals surface area contributed by atoms with Gasteiger partial charge in [-0.1, -0.05) is 55.5 Å². The molecule has 1 heterocycles. The number of likely N-dealkylation sites (tertiary alicyclic amines) is 1. The summed E-state index contributed by atoms with van der Waals surface area (Å²) in [6.07, 6.45) is -0.408. The van der Waals surface area contributed by atoms with Crippen molar-refractivity contribution in [3.63, 3.8) is 0 Å². The predicted octanol–water partition coefficient (Wildman–Crippen LogP) is 2.21. The van der Waals surface area contributed by atoms with Crippen LogP contribution in [-0.2, 0) is 14.3 Å². The lowest BCUT2D eigenvalue weighted by Crippen LogP contribution is -2.67. The van der Waals surface area contributed by atoms with E-state index in [-0.39, 0.29) is 50.4 Å². The molecule has 0 spiro atoms. The fourth-order valence-corrected chi connectivity index (χ4v) is 4.30. The number of β-amino-alcohol motifs (C(OH)–C–C–N with tert-alkyl or cyclic N) is 1. The van der Waals surface area contributed by atoms with E-state index in [0.29, 0.717) is 0 Å². The van der Waals surface area contributed by atoms with Crippen LogP contribution < -0.4 is 5.32 Å². The van der Waals surface area contributed by atoms with Gasteiger partial charge in [-0.3, -0.25) is 4.79 Å². The fourth-order valence-electron chi connectivity index (χ4n) is 4.30. The third-order valence-corrected chi connectivity index (χ3v) is 6.12. The Bertz CT molecular complexity index is 1000. The van der Waals surface area contributed by atoms with Crippen LogP contribution in [0, 0.1) is 5.92 Å². The van der Waals surface area contributed by atoms with Gasteiger partial charge >= 0.3 is 12.1 Å². The lowest BCUT2D eigenvalue weighted by molar-refractivity contribution is -0.182. The molecule has 8 heteroatoms. The zero-order chi connectivity index (χ0) is 22.9. The molecule has 0 saturated carbocycles. The first kappa shape index (κ1) is 21.8. The third kappa shape index (κ3) is 4.18. The van der Waals surface area contributed by atoms with Gasteiger partial charge in [0.1, 0.15) is 6.61 Å². The molecule has 1 fully saturated rings. The average molecular weight is 438 g/mol. The molecular formula is C24H26N2O6. The van der Waals surface area contributed by atoms with Gasteiger partial charge in [0.15, 0.2) is 5.60 Å². The highest BCUT2D eigenvalue weighted by Crippen LogP contribution is 2.44. The van der Waals surface area contributed by atoms with Crippen molar-refractivity contribution in [1.82, 2.24) is 10.2 Å². The smallest absolute Gasteiger partial charge is 0.407 e. The van der Waals surface area contributed by atoms with E-state index < -0.39 is 17.7 Å². The zero-order valence-corrected chi connectivity index (χ0v) is 17.8.